The lowest BCUT2D eigenvalue weighted by Gasteiger charge is -2.39. The van der Waals surface area contributed by atoms with Gasteiger partial charge < -0.3 is 44.5 Å². The summed E-state index contributed by atoms with van der Waals surface area (Å²) in [4.78, 5) is 12.4. The maximum atomic E-state index is 12.4. The molecule has 5 atom stereocenters. The molecule has 6 N–H and O–H groups in total. The number of hydrogen-bond donors (Lipinski definition) is 6. The van der Waals surface area contributed by atoms with E-state index in [-0.39, 0.29) is 28.2 Å². The highest BCUT2D eigenvalue weighted by Crippen LogP contribution is 2.32. The van der Waals surface area contributed by atoms with Crippen molar-refractivity contribution in [3.8, 4) is 17.4 Å². The molecule has 0 aliphatic carbocycles. The van der Waals surface area contributed by atoms with Crippen LogP contribution < -0.4 is 10.2 Å². The summed E-state index contributed by atoms with van der Waals surface area (Å²) in [6.45, 7) is 0.699. The molecular formula is C16H18O10. The van der Waals surface area contributed by atoms with Gasteiger partial charge in [0.1, 0.15) is 46.9 Å². The lowest BCUT2D eigenvalue weighted by atomic mass is 9.99. The quantitative estimate of drug-likeness (QED) is 0.381. The Kier molecular flexibility index (Phi) is 4.78. The molecule has 0 spiro atoms. The lowest BCUT2D eigenvalue weighted by molar-refractivity contribution is -0.280. The molecular weight excluding hydrogens is 352 g/mol. The number of phenols is 2. The first kappa shape index (κ1) is 18.4. The van der Waals surface area contributed by atoms with E-state index in [1.807, 2.05) is 0 Å². The smallest absolute Gasteiger partial charge is 0.294 e. The molecule has 0 unspecified atom stereocenters. The first-order valence-corrected chi connectivity index (χ1v) is 7.71. The Morgan fingerprint density at radius 3 is 2.46 bits per heavy atom. The highest BCUT2D eigenvalue weighted by atomic mass is 16.7. The molecule has 3 rings (SSSR count). The van der Waals surface area contributed by atoms with Crippen molar-refractivity contribution >= 4 is 11.0 Å². The van der Waals surface area contributed by atoms with E-state index in [0.29, 0.717) is 0 Å². The zero-order valence-electron chi connectivity index (χ0n) is 13.6. The number of aliphatic hydroxyl groups excluding tert-OH is 4. The monoisotopic (exact) mass is 370 g/mol. The van der Waals surface area contributed by atoms with E-state index < -0.39 is 48.5 Å². The first-order valence-electron chi connectivity index (χ1n) is 7.71. The number of aromatic hydroxyl groups is 2. The van der Waals surface area contributed by atoms with E-state index in [9.17, 15) is 35.4 Å². The van der Waals surface area contributed by atoms with Crippen molar-refractivity contribution in [3.05, 3.63) is 27.9 Å². The summed E-state index contributed by atoms with van der Waals surface area (Å²) in [5.74, 6) is -1.20. The summed E-state index contributed by atoms with van der Waals surface area (Å²) in [7, 11) is 0. The van der Waals surface area contributed by atoms with Crippen LogP contribution in [-0.2, 0) is 4.74 Å². The van der Waals surface area contributed by atoms with Crippen molar-refractivity contribution < 1.29 is 44.5 Å². The Balaban J connectivity index is 2.01. The molecule has 1 fully saturated rings. The Labute approximate surface area is 146 Å². The molecule has 10 nitrogen and oxygen atoms in total. The molecule has 1 saturated heterocycles. The Morgan fingerprint density at radius 2 is 1.81 bits per heavy atom. The van der Waals surface area contributed by atoms with Gasteiger partial charge in [0.2, 0.25) is 11.7 Å². The lowest BCUT2D eigenvalue weighted by Crippen LogP contribution is -2.60. The zero-order chi connectivity index (χ0) is 19.2. The van der Waals surface area contributed by atoms with Crippen molar-refractivity contribution in [2.75, 3.05) is 6.61 Å². The molecule has 26 heavy (non-hydrogen) atoms. The third-order valence-electron chi connectivity index (χ3n) is 4.21. The standard InChI is InChI=1S/C16H18O10/c1-5-11(20)10-7(19)2-6(18)3-8(10)24-15(5)26-16-14(23)13(22)12(21)9(4-17)25-16/h2-3,9,12-14,16-19,21-23H,4H2,1H3/t9-,12-,13+,14-,16+/m1/s1. The van der Waals surface area contributed by atoms with E-state index >= 15 is 0 Å². The van der Waals surface area contributed by atoms with Gasteiger partial charge in [-0.2, -0.15) is 0 Å². The van der Waals surface area contributed by atoms with Crippen molar-refractivity contribution in [2.24, 2.45) is 0 Å². The second-order valence-electron chi connectivity index (χ2n) is 6.00. The van der Waals surface area contributed by atoms with Crippen LogP contribution in [0.15, 0.2) is 21.3 Å². The molecule has 142 valence electrons. The number of ether oxygens (including phenoxy) is 2. The molecule has 0 amide bonds. The van der Waals surface area contributed by atoms with Crippen molar-refractivity contribution in [1.29, 1.82) is 0 Å². The van der Waals surface area contributed by atoms with Crippen LogP contribution in [0.2, 0.25) is 0 Å². The molecule has 1 aliphatic rings. The third kappa shape index (κ3) is 2.97. The van der Waals surface area contributed by atoms with Crippen LogP contribution >= 0.6 is 0 Å². The van der Waals surface area contributed by atoms with Crippen LogP contribution in [0, 0.1) is 6.92 Å². The summed E-state index contributed by atoms with van der Waals surface area (Å²) in [5, 5.41) is 57.9. The van der Waals surface area contributed by atoms with Gasteiger partial charge in [-0.3, -0.25) is 4.79 Å². The van der Waals surface area contributed by atoms with E-state index in [4.69, 9.17) is 13.9 Å². The summed E-state index contributed by atoms with van der Waals surface area (Å²) in [6, 6.07) is 2.08. The average Bonchev–Trinajstić information content (AvgIpc) is 2.59. The second-order valence-corrected chi connectivity index (χ2v) is 6.00. The van der Waals surface area contributed by atoms with Gasteiger partial charge >= 0.3 is 0 Å². The molecule has 0 saturated carbocycles. The number of rotatable bonds is 3. The average molecular weight is 370 g/mol. The van der Waals surface area contributed by atoms with Crippen LogP contribution in [-0.4, -0.2) is 68.0 Å². The second kappa shape index (κ2) is 6.74. The van der Waals surface area contributed by atoms with E-state index in [1.165, 1.54) is 6.92 Å². The molecule has 2 aromatic rings. The van der Waals surface area contributed by atoms with Crippen molar-refractivity contribution in [1.82, 2.24) is 0 Å². The van der Waals surface area contributed by atoms with Gasteiger partial charge in [-0.15, -0.1) is 0 Å². The summed E-state index contributed by atoms with van der Waals surface area (Å²) < 4.78 is 15.9. The van der Waals surface area contributed by atoms with Crippen LogP contribution in [0.25, 0.3) is 11.0 Å². The largest absolute Gasteiger partial charge is 0.508 e. The maximum absolute atomic E-state index is 12.4. The van der Waals surface area contributed by atoms with Gasteiger partial charge in [0.15, 0.2) is 0 Å². The van der Waals surface area contributed by atoms with Gasteiger partial charge in [0, 0.05) is 12.1 Å². The minimum atomic E-state index is -1.69. The molecule has 2 heterocycles. The molecule has 1 aliphatic heterocycles. The van der Waals surface area contributed by atoms with Crippen LogP contribution in [0.3, 0.4) is 0 Å². The zero-order valence-corrected chi connectivity index (χ0v) is 13.6. The molecule has 0 bridgehead atoms. The summed E-state index contributed by atoms with van der Waals surface area (Å²) >= 11 is 0. The van der Waals surface area contributed by atoms with Crippen molar-refractivity contribution in [3.63, 3.8) is 0 Å². The summed E-state index contributed by atoms with van der Waals surface area (Å²) in [6.07, 6.45) is -7.65. The minimum Gasteiger partial charge on any atom is -0.508 e. The normalized spacial score (nSPS) is 29.0. The molecule has 0 radical (unpaired) electrons. The Bertz CT molecular complexity index is 873. The predicted octanol–water partition coefficient (Wildman–Crippen LogP) is -1.31. The fourth-order valence-corrected chi connectivity index (χ4v) is 2.73. The molecule has 1 aromatic carbocycles. The van der Waals surface area contributed by atoms with Crippen LogP contribution in [0.1, 0.15) is 5.56 Å². The summed E-state index contributed by atoms with van der Waals surface area (Å²) in [5.41, 5.74) is -0.864. The van der Waals surface area contributed by atoms with Crippen LogP contribution in [0.4, 0.5) is 0 Å². The molecule has 1 aromatic heterocycles. The number of aliphatic hydroxyl groups is 4. The van der Waals surface area contributed by atoms with Gasteiger partial charge in [0.25, 0.3) is 5.95 Å². The number of phenolic OH excluding ortho intramolecular Hbond substituents is 2. The Morgan fingerprint density at radius 1 is 1.12 bits per heavy atom. The maximum Gasteiger partial charge on any atom is 0.294 e. The topological polar surface area (TPSA) is 170 Å². The fourth-order valence-electron chi connectivity index (χ4n) is 2.73. The number of benzene rings is 1. The van der Waals surface area contributed by atoms with E-state index in [0.717, 1.165) is 12.1 Å². The van der Waals surface area contributed by atoms with E-state index in [1.54, 1.807) is 0 Å². The van der Waals surface area contributed by atoms with Gasteiger partial charge in [-0.1, -0.05) is 0 Å². The number of hydrogen-bond acceptors (Lipinski definition) is 10. The Hall–Kier alpha value is -2.37. The van der Waals surface area contributed by atoms with Gasteiger partial charge in [-0.05, 0) is 6.92 Å². The third-order valence-corrected chi connectivity index (χ3v) is 4.21. The first-order chi connectivity index (χ1) is 12.2. The minimum absolute atomic E-state index is 0.0598. The highest BCUT2D eigenvalue weighted by molar-refractivity contribution is 5.85. The fraction of sp³-hybridized carbons (Fsp3) is 0.438. The van der Waals surface area contributed by atoms with E-state index in [2.05, 4.69) is 0 Å². The van der Waals surface area contributed by atoms with Gasteiger partial charge in [-0.25, -0.2) is 0 Å². The van der Waals surface area contributed by atoms with Crippen molar-refractivity contribution in [2.45, 2.75) is 37.6 Å². The number of fused-ring (bicyclic) bond motifs is 1. The van der Waals surface area contributed by atoms with Gasteiger partial charge in [0.05, 0.1) is 12.2 Å². The highest BCUT2D eigenvalue weighted by Gasteiger charge is 2.45. The SMILES string of the molecule is Cc1c(O[C@@H]2O[C@H](CO)[C@@H](O)[C@H](O)[C@H]2O)oc2cc(O)cc(O)c2c1=O. The van der Waals surface area contributed by atoms with Crippen LogP contribution in [0.5, 0.6) is 17.4 Å². The predicted molar refractivity (Wildman–Crippen MR) is 84.9 cm³/mol. The molecule has 10 heteroatoms.